The number of aromatic nitrogens is 2. The second-order valence-electron chi connectivity index (χ2n) is 10.4. The highest BCUT2D eigenvalue weighted by molar-refractivity contribution is 7.26. The summed E-state index contributed by atoms with van der Waals surface area (Å²) in [7, 11) is 0. The third-order valence-electron chi connectivity index (χ3n) is 8.03. The van der Waals surface area contributed by atoms with Gasteiger partial charge in [0, 0.05) is 42.2 Å². The molecule has 3 heterocycles. The van der Waals surface area contributed by atoms with Gasteiger partial charge in [0.2, 0.25) is 0 Å². The van der Waals surface area contributed by atoms with Gasteiger partial charge in [0.05, 0.1) is 21.3 Å². The van der Waals surface area contributed by atoms with Crippen LogP contribution < -0.4 is 0 Å². The SMILES string of the molecule is c1cc(-c2nc3ccccc3s2)cc(-n2c3ccccc3c3cc(-c4cccc5c4sc4ccccc45)ccc32)c1. The molecule has 6 aromatic carbocycles. The number of nitrogens with zero attached hydrogens (tertiary/aromatic N) is 2. The van der Waals surface area contributed by atoms with Gasteiger partial charge in [0.15, 0.2) is 0 Å². The standard InChI is InChI=1S/C37H22N2S2/c1-4-16-32-27(11-1)30-22-23(26-13-8-14-29-28-12-2-5-17-34(28)40-36(26)29)19-20-33(30)39(32)25-10-7-9-24(21-25)37-38-31-15-3-6-18-35(31)41-37/h1-22H. The van der Waals surface area contributed by atoms with Gasteiger partial charge >= 0.3 is 0 Å². The molecule has 0 unspecified atom stereocenters. The molecule has 0 aliphatic rings. The molecular weight excluding hydrogens is 537 g/mol. The minimum absolute atomic E-state index is 1.05. The number of para-hydroxylation sites is 2. The molecule has 0 radical (unpaired) electrons. The molecule has 4 heteroatoms. The Morgan fingerprint density at radius 2 is 1.24 bits per heavy atom. The van der Waals surface area contributed by atoms with Gasteiger partial charge in [-0.05, 0) is 59.7 Å². The van der Waals surface area contributed by atoms with E-state index in [-0.39, 0.29) is 0 Å². The van der Waals surface area contributed by atoms with Gasteiger partial charge in [0.1, 0.15) is 5.01 Å². The van der Waals surface area contributed by atoms with Crippen molar-refractivity contribution in [2.24, 2.45) is 0 Å². The number of thiazole rings is 1. The summed E-state index contributed by atoms with van der Waals surface area (Å²) in [6.07, 6.45) is 0. The van der Waals surface area contributed by atoms with E-state index in [1.807, 2.05) is 11.3 Å². The van der Waals surface area contributed by atoms with E-state index in [0.29, 0.717) is 0 Å². The molecule has 2 nitrogen and oxygen atoms in total. The topological polar surface area (TPSA) is 17.8 Å². The zero-order valence-corrected chi connectivity index (χ0v) is 23.5. The third-order valence-corrected chi connectivity index (χ3v) is 10.3. The number of hydrogen-bond acceptors (Lipinski definition) is 3. The minimum Gasteiger partial charge on any atom is -0.309 e. The Balaban J connectivity index is 1.25. The molecule has 0 saturated heterocycles. The maximum atomic E-state index is 4.93. The molecule has 0 amide bonds. The van der Waals surface area contributed by atoms with Crippen molar-refractivity contribution in [2.75, 3.05) is 0 Å². The Bertz CT molecular complexity index is 2410. The van der Waals surface area contributed by atoms with Crippen LogP contribution in [0.4, 0.5) is 0 Å². The molecule has 0 spiro atoms. The molecule has 0 N–H and O–H groups in total. The van der Waals surface area contributed by atoms with E-state index in [2.05, 4.69) is 138 Å². The summed E-state index contributed by atoms with van der Waals surface area (Å²) in [6, 6.07) is 48.3. The van der Waals surface area contributed by atoms with Crippen LogP contribution in [0.25, 0.3) is 79.6 Å². The Labute approximate surface area is 244 Å². The molecule has 192 valence electrons. The Morgan fingerprint density at radius 1 is 0.488 bits per heavy atom. The zero-order valence-electron chi connectivity index (χ0n) is 21.9. The van der Waals surface area contributed by atoms with Crippen LogP contribution in [0.2, 0.25) is 0 Å². The van der Waals surface area contributed by atoms with Gasteiger partial charge in [-0.1, -0.05) is 84.9 Å². The quantitative estimate of drug-likeness (QED) is 0.211. The van der Waals surface area contributed by atoms with Gasteiger partial charge in [-0.15, -0.1) is 22.7 Å². The number of fused-ring (bicyclic) bond motifs is 7. The highest BCUT2D eigenvalue weighted by atomic mass is 32.1. The van der Waals surface area contributed by atoms with E-state index < -0.39 is 0 Å². The molecule has 0 saturated carbocycles. The van der Waals surface area contributed by atoms with Crippen molar-refractivity contribution in [2.45, 2.75) is 0 Å². The maximum Gasteiger partial charge on any atom is 0.124 e. The lowest BCUT2D eigenvalue weighted by molar-refractivity contribution is 1.18. The highest BCUT2D eigenvalue weighted by Gasteiger charge is 2.16. The van der Waals surface area contributed by atoms with Crippen molar-refractivity contribution < 1.29 is 0 Å². The van der Waals surface area contributed by atoms with Gasteiger partial charge < -0.3 is 4.57 Å². The van der Waals surface area contributed by atoms with Crippen molar-refractivity contribution in [1.29, 1.82) is 0 Å². The third kappa shape index (κ3) is 3.51. The first-order valence-electron chi connectivity index (χ1n) is 13.7. The fourth-order valence-corrected chi connectivity index (χ4v) is 8.37. The van der Waals surface area contributed by atoms with Gasteiger partial charge in [-0.3, -0.25) is 0 Å². The number of benzene rings is 6. The fraction of sp³-hybridized carbons (Fsp3) is 0. The second-order valence-corrected chi connectivity index (χ2v) is 12.5. The van der Waals surface area contributed by atoms with Crippen LogP contribution in [0.5, 0.6) is 0 Å². The lowest BCUT2D eigenvalue weighted by atomic mass is 10.0. The molecular formula is C37H22N2S2. The van der Waals surface area contributed by atoms with Crippen molar-refractivity contribution in [1.82, 2.24) is 9.55 Å². The normalized spacial score (nSPS) is 11.9. The molecule has 0 bridgehead atoms. The average molecular weight is 559 g/mol. The molecule has 9 aromatic rings. The van der Waals surface area contributed by atoms with Crippen LogP contribution in [-0.2, 0) is 0 Å². The summed E-state index contributed by atoms with van der Waals surface area (Å²) < 4.78 is 6.29. The first-order chi connectivity index (χ1) is 20.3. The zero-order chi connectivity index (χ0) is 26.9. The lowest BCUT2D eigenvalue weighted by Crippen LogP contribution is -1.94. The van der Waals surface area contributed by atoms with Crippen LogP contribution in [-0.4, -0.2) is 9.55 Å². The molecule has 0 atom stereocenters. The van der Waals surface area contributed by atoms with Gasteiger partial charge in [-0.25, -0.2) is 4.98 Å². The summed E-state index contributed by atoms with van der Waals surface area (Å²) in [5, 5.41) is 6.24. The molecule has 0 fully saturated rings. The van der Waals surface area contributed by atoms with Crippen molar-refractivity contribution in [3.63, 3.8) is 0 Å². The van der Waals surface area contributed by atoms with Crippen LogP contribution in [0, 0.1) is 0 Å². The monoisotopic (exact) mass is 558 g/mol. The Kier molecular flexibility index (Phi) is 4.97. The van der Waals surface area contributed by atoms with Crippen molar-refractivity contribution in [3.8, 4) is 27.4 Å². The lowest BCUT2D eigenvalue weighted by Gasteiger charge is -2.10. The molecule has 9 rings (SSSR count). The first-order valence-corrected chi connectivity index (χ1v) is 15.4. The average Bonchev–Trinajstić information content (AvgIpc) is 3.72. The summed E-state index contributed by atoms with van der Waals surface area (Å²) in [6.45, 7) is 0. The first kappa shape index (κ1) is 23.0. The van der Waals surface area contributed by atoms with Crippen LogP contribution in [0.1, 0.15) is 0 Å². The van der Waals surface area contributed by atoms with E-state index in [4.69, 9.17) is 4.98 Å². The maximum absolute atomic E-state index is 4.93. The number of thiophene rings is 1. The largest absolute Gasteiger partial charge is 0.309 e. The summed E-state index contributed by atoms with van der Waals surface area (Å²) in [5.41, 5.74) is 8.30. The van der Waals surface area contributed by atoms with E-state index in [0.717, 1.165) is 21.8 Å². The number of hydrogen-bond donors (Lipinski definition) is 0. The van der Waals surface area contributed by atoms with E-state index in [9.17, 15) is 0 Å². The van der Waals surface area contributed by atoms with Crippen LogP contribution in [0.15, 0.2) is 133 Å². The summed E-state index contributed by atoms with van der Waals surface area (Å²) in [5.74, 6) is 0. The van der Waals surface area contributed by atoms with E-state index in [1.54, 1.807) is 11.3 Å². The van der Waals surface area contributed by atoms with Crippen LogP contribution in [0.3, 0.4) is 0 Å². The van der Waals surface area contributed by atoms with Gasteiger partial charge in [-0.2, -0.15) is 0 Å². The van der Waals surface area contributed by atoms with Crippen LogP contribution >= 0.6 is 22.7 Å². The Hall–Kier alpha value is -4.77. The van der Waals surface area contributed by atoms with Crippen molar-refractivity contribution >= 4 is 74.9 Å². The molecule has 41 heavy (non-hydrogen) atoms. The number of rotatable bonds is 3. The summed E-state index contributed by atoms with van der Waals surface area (Å²) in [4.78, 5) is 4.93. The van der Waals surface area contributed by atoms with Gasteiger partial charge in [0.25, 0.3) is 0 Å². The summed E-state index contributed by atoms with van der Waals surface area (Å²) >= 11 is 3.63. The van der Waals surface area contributed by atoms with Crippen molar-refractivity contribution in [3.05, 3.63) is 133 Å². The minimum atomic E-state index is 1.05. The smallest absolute Gasteiger partial charge is 0.124 e. The molecule has 3 aromatic heterocycles. The second kappa shape index (κ2) is 8.87. The predicted molar refractivity (Wildman–Crippen MR) is 178 cm³/mol. The Morgan fingerprint density at radius 3 is 2.17 bits per heavy atom. The fourth-order valence-electron chi connectivity index (χ4n) is 6.17. The molecule has 0 aliphatic carbocycles. The molecule has 0 aliphatic heterocycles. The van der Waals surface area contributed by atoms with E-state index >= 15 is 0 Å². The van der Waals surface area contributed by atoms with E-state index in [1.165, 1.54) is 57.8 Å². The highest BCUT2D eigenvalue weighted by Crippen LogP contribution is 2.42. The predicted octanol–water partition coefficient (Wildman–Crippen LogP) is 11.1.